The average molecular weight is 433 g/mol. The van der Waals surface area contributed by atoms with Gasteiger partial charge in [0.2, 0.25) is 10.0 Å². The molecule has 8 heteroatoms. The van der Waals surface area contributed by atoms with Crippen molar-refractivity contribution in [3.63, 3.8) is 0 Å². The highest BCUT2D eigenvalue weighted by Crippen LogP contribution is 2.26. The van der Waals surface area contributed by atoms with Gasteiger partial charge in [-0.15, -0.1) is 0 Å². The van der Waals surface area contributed by atoms with Gasteiger partial charge in [0.25, 0.3) is 5.91 Å². The molecule has 1 N–H and O–H groups in total. The summed E-state index contributed by atoms with van der Waals surface area (Å²) in [6.07, 6.45) is 1.78. The molecule has 30 heavy (non-hydrogen) atoms. The maximum absolute atomic E-state index is 12.7. The first-order chi connectivity index (χ1) is 14.3. The van der Waals surface area contributed by atoms with Gasteiger partial charge in [0.05, 0.1) is 18.0 Å². The molecule has 0 aliphatic carbocycles. The smallest absolute Gasteiger partial charge is 0.258 e. The van der Waals surface area contributed by atoms with E-state index >= 15 is 0 Å². The van der Waals surface area contributed by atoms with E-state index in [9.17, 15) is 13.2 Å². The Morgan fingerprint density at radius 3 is 2.40 bits per heavy atom. The molecule has 1 fully saturated rings. The topological polar surface area (TPSA) is 84.9 Å². The number of carbonyl (C=O) groups is 1. The number of methoxy groups -OCH3 is 1. The Balaban J connectivity index is 1.57. The summed E-state index contributed by atoms with van der Waals surface area (Å²) in [5.41, 5.74) is 1.63. The third-order valence-electron chi connectivity index (χ3n) is 5.20. The molecule has 0 aromatic heterocycles. The largest absolute Gasteiger partial charge is 0.497 e. The highest BCUT2D eigenvalue weighted by molar-refractivity contribution is 7.89. The number of hydrogen-bond donors (Lipinski definition) is 1. The third-order valence-corrected chi connectivity index (χ3v) is 7.10. The number of aryl methyl sites for hydroxylation is 1. The van der Waals surface area contributed by atoms with E-state index < -0.39 is 10.0 Å². The summed E-state index contributed by atoms with van der Waals surface area (Å²) in [7, 11) is -1.87. The Labute approximate surface area is 178 Å². The van der Waals surface area contributed by atoms with E-state index in [4.69, 9.17) is 9.47 Å². The summed E-state index contributed by atoms with van der Waals surface area (Å²) >= 11 is 0. The average Bonchev–Trinajstić information content (AvgIpc) is 3.28. The van der Waals surface area contributed by atoms with E-state index in [0.29, 0.717) is 24.4 Å². The Hall–Kier alpha value is -2.58. The Morgan fingerprint density at radius 1 is 1.13 bits per heavy atom. The first-order valence-electron chi connectivity index (χ1n) is 9.98. The monoisotopic (exact) mass is 432 g/mol. The van der Waals surface area contributed by atoms with Crippen LogP contribution >= 0.6 is 0 Å². The SMILES string of the molecule is COc1ccc([C@H](C)NC(=O)COc2ccc(S(=O)(=O)N3CCCC3)cc2C)cc1. The molecule has 0 saturated carbocycles. The fraction of sp³-hybridized carbons (Fsp3) is 0.409. The van der Waals surface area contributed by atoms with Crippen molar-refractivity contribution in [3.8, 4) is 11.5 Å². The lowest BCUT2D eigenvalue weighted by atomic mass is 10.1. The van der Waals surface area contributed by atoms with Crippen LogP contribution in [0.15, 0.2) is 47.4 Å². The highest BCUT2D eigenvalue weighted by Gasteiger charge is 2.27. The first kappa shape index (κ1) is 22.1. The van der Waals surface area contributed by atoms with Gasteiger partial charge in [0.15, 0.2) is 6.61 Å². The molecule has 0 spiro atoms. The van der Waals surface area contributed by atoms with E-state index in [1.54, 1.807) is 26.2 Å². The number of sulfonamides is 1. The molecule has 1 aliphatic heterocycles. The van der Waals surface area contributed by atoms with Gasteiger partial charge in [-0.25, -0.2) is 8.42 Å². The van der Waals surface area contributed by atoms with Crippen LogP contribution in [0, 0.1) is 6.92 Å². The van der Waals surface area contributed by atoms with Crippen molar-refractivity contribution in [2.75, 3.05) is 26.8 Å². The zero-order valence-electron chi connectivity index (χ0n) is 17.6. The van der Waals surface area contributed by atoms with Crippen molar-refractivity contribution >= 4 is 15.9 Å². The van der Waals surface area contributed by atoms with Gasteiger partial charge < -0.3 is 14.8 Å². The van der Waals surface area contributed by atoms with Gasteiger partial charge >= 0.3 is 0 Å². The minimum absolute atomic E-state index is 0.153. The molecule has 0 bridgehead atoms. The predicted molar refractivity (Wildman–Crippen MR) is 114 cm³/mol. The maximum Gasteiger partial charge on any atom is 0.258 e. The number of ether oxygens (including phenoxy) is 2. The minimum atomic E-state index is -3.47. The second kappa shape index (κ2) is 9.49. The number of benzene rings is 2. The van der Waals surface area contributed by atoms with Crippen molar-refractivity contribution in [1.29, 1.82) is 0 Å². The molecule has 1 aliphatic rings. The molecule has 1 atom stereocenters. The quantitative estimate of drug-likeness (QED) is 0.693. The van der Waals surface area contributed by atoms with Crippen LogP contribution in [0.2, 0.25) is 0 Å². The summed E-state index contributed by atoms with van der Waals surface area (Å²) in [6, 6.07) is 12.0. The highest BCUT2D eigenvalue weighted by atomic mass is 32.2. The standard InChI is InChI=1S/C22H28N2O5S/c1-16-14-20(30(26,27)24-12-4-5-13-24)10-11-21(16)29-15-22(25)23-17(2)18-6-8-19(28-3)9-7-18/h6-11,14,17H,4-5,12-13,15H2,1-3H3,(H,23,25)/t17-/m0/s1. The zero-order chi connectivity index (χ0) is 21.7. The van der Waals surface area contributed by atoms with E-state index in [-0.39, 0.29) is 23.5 Å². The predicted octanol–water partition coefficient (Wildman–Crippen LogP) is 3.04. The second-order valence-corrected chi connectivity index (χ2v) is 9.33. The van der Waals surface area contributed by atoms with Crippen LogP contribution in [0.1, 0.15) is 36.9 Å². The molecule has 0 radical (unpaired) electrons. The van der Waals surface area contributed by atoms with Gasteiger partial charge in [0.1, 0.15) is 11.5 Å². The van der Waals surface area contributed by atoms with Gasteiger partial charge in [-0.3, -0.25) is 4.79 Å². The molecule has 7 nitrogen and oxygen atoms in total. The lowest BCUT2D eigenvalue weighted by molar-refractivity contribution is -0.123. The Bertz CT molecular complexity index is 983. The van der Waals surface area contributed by atoms with Gasteiger partial charge in [-0.1, -0.05) is 12.1 Å². The molecular weight excluding hydrogens is 404 g/mol. The van der Waals surface area contributed by atoms with E-state index in [2.05, 4.69) is 5.32 Å². The lowest BCUT2D eigenvalue weighted by Gasteiger charge is -2.17. The van der Waals surface area contributed by atoms with Crippen molar-refractivity contribution in [2.24, 2.45) is 0 Å². The van der Waals surface area contributed by atoms with E-state index in [0.717, 1.165) is 24.2 Å². The first-order valence-corrected chi connectivity index (χ1v) is 11.4. The lowest BCUT2D eigenvalue weighted by Crippen LogP contribution is -2.31. The van der Waals surface area contributed by atoms with Crippen molar-refractivity contribution in [2.45, 2.75) is 37.6 Å². The number of carbonyl (C=O) groups excluding carboxylic acids is 1. The minimum Gasteiger partial charge on any atom is -0.497 e. The van der Waals surface area contributed by atoms with Crippen LogP contribution in [0.3, 0.4) is 0 Å². The molecular formula is C22H28N2O5S. The molecule has 0 unspecified atom stereocenters. The molecule has 1 heterocycles. The Morgan fingerprint density at radius 2 is 1.80 bits per heavy atom. The van der Waals surface area contributed by atoms with E-state index in [1.807, 2.05) is 31.2 Å². The van der Waals surface area contributed by atoms with Crippen molar-refractivity contribution < 1.29 is 22.7 Å². The fourth-order valence-electron chi connectivity index (χ4n) is 3.42. The fourth-order valence-corrected chi connectivity index (χ4v) is 5.03. The normalized spacial score (nSPS) is 15.6. The van der Waals surface area contributed by atoms with Crippen LogP contribution in [-0.4, -0.2) is 45.4 Å². The second-order valence-electron chi connectivity index (χ2n) is 7.39. The number of rotatable bonds is 8. The molecule has 1 saturated heterocycles. The number of amides is 1. The summed E-state index contributed by atoms with van der Waals surface area (Å²) in [5, 5.41) is 2.89. The van der Waals surface area contributed by atoms with Crippen LogP contribution in [-0.2, 0) is 14.8 Å². The summed E-state index contributed by atoms with van der Waals surface area (Å²) < 4.78 is 37.6. The van der Waals surface area contributed by atoms with E-state index in [1.165, 1.54) is 10.4 Å². The number of nitrogens with one attached hydrogen (secondary N) is 1. The molecule has 162 valence electrons. The van der Waals surface area contributed by atoms with Gasteiger partial charge in [-0.2, -0.15) is 4.31 Å². The summed E-state index contributed by atoms with van der Waals surface area (Å²) in [4.78, 5) is 12.5. The van der Waals surface area contributed by atoms with Crippen LogP contribution in [0.25, 0.3) is 0 Å². The van der Waals surface area contributed by atoms with Gasteiger partial charge in [-0.05, 0) is 68.1 Å². The van der Waals surface area contributed by atoms with Gasteiger partial charge in [0, 0.05) is 13.1 Å². The molecule has 2 aromatic carbocycles. The third kappa shape index (κ3) is 5.12. The van der Waals surface area contributed by atoms with Crippen LogP contribution in [0.5, 0.6) is 11.5 Å². The number of hydrogen-bond acceptors (Lipinski definition) is 5. The summed E-state index contributed by atoms with van der Waals surface area (Å²) in [5.74, 6) is 0.986. The van der Waals surface area contributed by atoms with Crippen LogP contribution in [0.4, 0.5) is 0 Å². The van der Waals surface area contributed by atoms with Crippen molar-refractivity contribution in [3.05, 3.63) is 53.6 Å². The van der Waals surface area contributed by atoms with Crippen LogP contribution < -0.4 is 14.8 Å². The molecule has 3 rings (SSSR count). The molecule has 1 amide bonds. The zero-order valence-corrected chi connectivity index (χ0v) is 18.4. The maximum atomic E-state index is 12.7. The number of nitrogens with zero attached hydrogens (tertiary/aromatic N) is 1. The van der Waals surface area contributed by atoms with Crippen molar-refractivity contribution in [1.82, 2.24) is 9.62 Å². The molecule has 2 aromatic rings. The Kier molecular flexibility index (Phi) is 6.99. The summed E-state index contributed by atoms with van der Waals surface area (Å²) in [6.45, 7) is 4.64.